The van der Waals surface area contributed by atoms with Gasteiger partial charge in [0.1, 0.15) is 0 Å². The van der Waals surface area contributed by atoms with Gasteiger partial charge >= 0.3 is 15.4 Å². The summed E-state index contributed by atoms with van der Waals surface area (Å²) in [6.07, 6.45) is -0.525. The third-order valence-electron chi connectivity index (χ3n) is 0.853. The number of phosphoric ester groups is 1. The molecule has 0 amide bonds. The van der Waals surface area contributed by atoms with Crippen LogP contribution in [0.5, 0.6) is 0 Å². The largest absolute Gasteiger partial charge is 0.469 e. The molecule has 7 nitrogen and oxygen atoms in total. The Balaban J connectivity index is 3.48. The summed E-state index contributed by atoms with van der Waals surface area (Å²) < 4.78 is 24.2. The summed E-state index contributed by atoms with van der Waals surface area (Å²) in [5.74, 6) is 0. The molecule has 0 heterocycles. The van der Waals surface area contributed by atoms with E-state index in [9.17, 15) is 9.13 Å². The van der Waals surface area contributed by atoms with Crippen molar-refractivity contribution in [2.24, 2.45) is 0 Å². The Morgan fingerprint density at radius 2 is 1.58 bits per heavy atom. The summed E-state index contributed by atoms with van der Waals surface area (Å²) in [4.78, 5) is 32.9. The van der Waals surface area contributed by atoms with Crippen molar-refractivity contribution < 1.29 is 33.2 Å². The fraction of sp³-hybridized carbons (Fsp3) is 1.00. The van der Waals surface area contributed by atoms with Gasteiger partial charge in [-0.1, -0.05) is 0 Å². The molecule has 0 aromatic heterocycles. The molecule has 0 atom stereocenters. The highest BCUT2D eigenvalue weighted by Gasteiger charge is 2.16. The van der Waals surface area contributed by atoms with Gasteiger partial charge in [-0.15, -0.1) is 0 Å². The van der Waals surface area contributed by atoms with Crippen LogP contribution in [-0.4, -0.2) is 32.3 Å². The van der Waals surface area contributed by atoms with E-state index in [1.54, 1.807) is 0 Å². The highest BCUT2D eigenvalue weighted by molar-refractivity contribution is 7.51. The first-order chi connectivity index (χ1) is 5.21. The van der Waals surface area contributed by atoms with Crippen molar-refractivity contribution in [1.29, 1.82) is 0 Å². The van der Waals surface area contributed by atoms with Crippen LogP contribution in [0.15, 0.2) is 0 Å². The van der Waals surface area contributed by atoms with E-state index in [0.717, 1.165) is 0 Å². The monoisotopic (exact) mass is 220 g/mol. The predicted molar refractivity (Wildman–Crippen MR) is 39.5 cm³/mol. The minimum Gasteiger partial charge on any atom is -0.324 e. The standard InChI is InChI=1S/C3H10O7P2/c4-11(5,6)3-1-2-10-12(7,8)9/h1-3H2,(H2,4,5,6)(H2,7,8,9). The maximum absolute atomic E-state index is 10.2. The second kappa shape index (κ2) is 4.48. The van der Waals surface area contributed by atoms with Crippen molar-refractivity contribution in [3.8, 4) is 0 Å². The quantitative estimate of drug-likeness (QED) is 0.369. The average Bonchev–Trinajstić information content (AvgIpc) is 1.76. The molecule has 0 rings (SSSR count). The van der Waals surface area contributed by atoms with Gasteiger partial charge in [0.05, 0.1) is 12.8 Å². The van der Waals surface area contributed by atoms with Gasteiger partial charge in [0.25, 0.3) is 0 Å². The summed E-state index contributed by atoms with van der Waals surface area (Å²) in [5.41, 5.74) is 0. The van der Waals surface area contributed by atoms with Crippen LogP contribution in [0.25, 0.3) is 0 Å². The van der Waals surface area contributed by atoms with Crippen molar-refractivity contribution in [3.05, 3.63) is 0 Å². The van der Waals surface area contributed by atoms with Gasteiger partial charge < -0.3 is 19.6 Å². The highest BCUT2D eigenvalue weighted by atomic mass is 31.2. The predicted octanol–water partition coefficient (Wildman–Crippen LogP) is -0.337. The van der Waals surface area contributed by atoms with Gasteiger partial charge in [0.2, 0.25) is 0 Å². The first kappa shape index (κ1) is 12.3. The molecule has 0 saturated heterocycles. The van der Waals surface area contributed by atoms with E-state index in [0.29, 0.717) is 0 Å². The molecule has 0 aromatic carbocycles. The number of hydrogen-bond acceptors (Lipinski definition) is 3. The van der Waals surface area contributed by atoms with Crippen molar-refractivity contribution in [2.45, 2.75) is 6.42 Å². The Morgan fingerprint density at radius 3 is 1.92 bits per heavy atom. The molecule has 74 valence electrons. The molecule has 0 bridgehead atoms. The third-order valence-corrected chi connectivity index (χ3v) is 2.27. The van der Waals surface area contributed by atoms with Gasteiger partial charge in [-0.3, -0.25) is 9.09 Å². The second-order valence-electron chi connectivity index (χ2n) is 2.07. The van der Waals surface area contributed by atoms with Gasteiger partial charge in [-0.05, 0) is 6.42 Å². The highest BCUT2D eigenvalue weighted by Crippen LogP contribution is 2.38. The molecule has 0 saturated carbocycles. The minimum absolute atomic E-state index is 0.0879. The molecule has 0 unspecified atom stereocenters. The van der Waals surface area contributed by atoms with E-state index in [-0.39, 0.29) is 13.0 Å². The lowest BCUT2D eigenvalue weighted by molar-refractivity contribution is 0.196. The Bertz CT molecular complexity index is 189. The summed E-state index contributed by atoms with van der Waals surface area (Å²) in [5, 5.41) is 0. The zero-order valence-corrected chi connectivity index (χ0v) is 7.82. The van der Waals surface area contributed by atoms with Crippen LogP contribution < -0.4 is 0 Å². The Labute approximate surface area is 68.8 Å². The molecule has 0 spiro atoms. The van der Waals surface area contributed by atoms with Gasteiger partial charge in [-0.25, -0.2) is 4.57 Å². The smallest absolute Gasteiger partial charge is 0.324 e. The SMILES string of the molecule is O=P(O)(O)CCCOP(=O)(O)O. The summed E-state index contributed by atoms with van der Waals surface area (Å²) in [6.45, 7) is -0.366. The van der Waals surface area contributed by atoms with E-state index < -0.39 is 21.6 Å². The van der Waals surface area contributed by atoms with E-state index in [4.69, 9.17) is 19.6 Å². The first-order valence-corrected chi connectivity index (χ1v) is 6.28. The fourth-order valence-corrected chi connectivity index (χ4v) is 1.36. The summed E-state index contributed by atoms with van der Waals surface area (Å²) in [7, 11) is -8.58. The Kier molecular flexibility index (Phi) is 4.58. The minimum atomic E-state index is -4.50. The zero-order valence-electron chi connectivity index (χ0n) is 6.03. The lowest BCUT2D eigenvalue weighted by Gasteiger charge is -2.05. The number of rotatable bonds is 5. The Morgan fingerprint density at radius 1 is 1.08 bits per heavy atom. The second-order valence-corrected chi connectivity index (χ2v) is 5.08. The lowest BCUT2D eigenvalue weighted by atomic mass is 10.5. The van der Waals surface area contributed by atoms with Crippen molar-refractivity contribution in [2.75, 3.05) is 12.8 Å². The van der Waals surface area contributed by atoms with Crippen LogP contribution in [-0.2, 0) is 13.7 Å². The van der Waals surface area contributed by atoms with E-state index in [1.165, 1.54) is 0 Å². The third kappa shape index (κ3) is 10.3. The van der Waals surface area contributed by atoms with Gasteiger partial charge in [0, 0.05) is 0 Å². The topological polar surface area (TPSA) is 124 Å². The molecule has 0 aliphatic heterocycles. The number of phosphoric acid groups is 1. The molecular weight excluding hydrogens is 210 g/mol. The molecule has 9 heteroatoms. The molecule has 4 N–H and O–H groups in total. The van der Waals surface area contributed by atoms with Crippen LogP contribution in [0.3, 0.4) is 0 Å². The molecule has 0 aromatic rings. The summed E-state index contributed by atoms with van der Waals surface area (Å²) in [6, 6.07) is 0. The van der Waals surface area contributed by atoms with Crippen LogP contribution in [0.2, 0.25) is 0 Å². The first-order valence-electron chi connectivity index (χ1n) is 2.95. The molecule has 0 fully saturated rings. The molecular formula is C3H10O7P2. The Hall–Kier alpha value is 0.260. The van der Waals surface area contributed by atoms with E-state index >= 15 is 0 Å². The fourth-order valence-electron chi connectivity index (χ4n) is 0.454. The molecule has 0 aliphatic rings. The van der Waals surface area contributed by atoms with Crippen molar-refractivity contribution >= 4 is 15.4 Å². The number of hydrogen-bond donors (Lipinski definition) is 4. The van der Waals surface area contributed by atoms with Gasteiger partial charge in [0.15, 0.2) is 0 Å². The average molecular weight is 220 g/mol. The van der Waals surface area contributed by atoms with Crippen LogP contribution >= 0.6 is 15.4 Å². The molecule has 0 aliphatic carbocycles. The maximum atomic E-state index is 10.2. The van der Waals surface area contributed by atoms with Crippen LogP contribution in [0, 0.1) is 0 Å². The zero-order chi connectivity index (χ0) is 9.83. The van der Waals surface area contributed by atoms with Crippen molar-refractivity contribution in [3.63, 3.8) is 0 Å². The van der Waals surface area contributed by atoms with Crippen molar-refractivity contribution in [1.82, 2.24) is 0 Å². The maximum Gasteiger partial charge on any atom is 0.469 e. The lowest BCUT2D eigenvalue weighted by Crippen LogP contribution is -1.96. The van der Waals surface area contributed by atoms with Gasteiger partial charge in [-0.2, -0.15) is 0 Å². The van der Waals surface area contributed by atoms with E-state index in [1.807, 2.05) is 0 Å². The molecule has 0 radical (unpaired) electrons. The summed E-state index contributed by atoms with van der Waals surface area (Å²) >= 11 is 0. The molecule has 12 heavy (non-hydrogen) atoms. The van der Waals surface area contributed by atoms with Crippen LogP contribution in [0.4, 0.5) is 0 Å². The normalized spacial score (nSPS) is 13.3. The van der Waals surface area contributed by atoms with Crippen LogP contribution in [0.1, 0.15) is 6.42 Å². The van der Waals surface area contributed by atoms with E-state index in [2.05, 4.69) is 4.52 Å².